The van der Waals surface area contributed by atoms with Gasteiger partial charge >= 0.3 is 0 Å². The lowest BCUT2D eigenvalue weighted by Gasteiger charge is -2.22. The first kappa shape index (κ1) is 19.4. The molecule has 6 nitrogen and oxygen atoms in total. The van der Waals surface area contributed by atoms with Gasteiger partial charge in [-0.3, -0.25) is 4.31 Å². The molecule has 2 rings (SSSR count). The highest BCUT2D eigenvalue weighted by Crippen LogP contribution is 2.18. The van der Waals surface area contributed by atoms with Crippen molar-refractivity contribution in [3.8, 4) is 0 Å². The first-order chi connectivity index (χ1) is 11.6. The standard InChI is InChI=1S/C16H19FN2O4S2/c1-13-5-3-4-6-16(13)25(22,23)18-11-12-19(24(2,20)21)15-9-7-14(17)8-10-15/h3-10,18H,11-12H2,1-2H3. The van der Waals surface area contributed by atoms with Crippen molar-refractivity contribution < 1.29 is 21.2 Å². The van der Waals surface area contributed by atoms with Crippen LogP contribution in [0.2, 0.25) is 0 Å². The van der Waals surface area contributed by atoms with Crippen molar-refractivity contribution >= 4 is 25.7 Å². The second kappa shape index (κ2) is 7.51. The molecule has 2 aromatic rings. The van der Waals surface area contributed by atoms with Crippen LogP contribution in [0.4, 0.5) is 10.1 Å². The number of hydrogen-bond donors (Lipinski definition) is 1. The molecule has 0 saturated heterocycles. The first-order valence-electron chi connectivity index (χ1n) is 7.40. The fourth-order valence-electron chi connectivity index (χ4n) is 2.31. The van der Waals surface area contributed by atoms with E-state index in [1.807, 2.05) is 0 Å². The van der Waals surface area contributed by atoms with Crippen molar-refractivity contribution in [3.63, 3.8) is 0 Å². The molecule has 0 bridgehead atoms. The van der Waals surface area contributed by atoms with Gasteiger partial charge in [-0.25, -0.2) is 25.9 Å². The van der Waals surface area contributed by atoms with Crippen LogP contribution in [-0.2, 0) is 20.0 Å². The third-order valence-corrected chi connectivity index (χ3v) is 6.32. The van der Waals surface area contributed by atoms with Gasteiger partial charge in [0.1, 0.15) is 5.82 Å². The maximum absolute atomic E-state index is 13.0. The van der Waals surface area contributed by atoms with E-state index in [2.05, 4.69) is 4.72 Å². The summed E-state index contributed by atoms with van der Waals surface area (Å²) in [5.74, 6) is -0.488. The van der Waals surface area contributed by atoms with E-state index in [-0.39, 0.29) is 23.7 Å². The number of anilines is 1. The lowest BCUT2D eigenvalue weighted by Crippen LogP contribution is -2.38. The van der Waals surface area contributed by atoms with Gasteiger partial charge in [-0.2, -0.15) is 0 Å². The molecule has 2 aromatic carbocycles. The third kappa shape index (κ3) is 5.00. The van der Waals surface area contributed by atoms with Crippen molar-refractivity contribution in [2.75, 3.05) is 23.7 Å². The predicted octanol–water partition coefficient (Wildman–Crippen LogP) is 1.88. The molecule has 9 heteroatoms. The Morgan fingerprint density at radius 3 is 2.16 bits per heavy atom. The summed E-state index contributed by atoms with van der Waals surface area (Å²) in [4.78, 5) is 0.141. The molecular weight excluding hydrogens is 367 g/mol. The number of benzene rings is 2. The Hall–Kier alpha value is -1.97. The summed E-state index contributed by atoms with van der Waals surface area (Å²) in [7, 11) is -7.40. The summed E-state index contributed by atoms with van der Waals surface area (Å²) in [6.07, 6.45) is 1.01. The van der Waals surface area contributed by atoms with Crippen LogP contribution < -0.4 is 9.03 Å². The summed E-state index contributed by atoms with van der Waals surface area (Å²) in [6, 6.07) is 11.4. The summed E-state index contributed by atoms with van der Waals surface area (Å²) in [5, 5.41) is 0. The number of hydrogen-bond acceptors (Lipinski definition) is 4. The molecule has 0 aliphatic heterocycles. The van der Waals surface area contributed by atoms with Gasteiger partial charge in [-0.1, -0.05) is 18.2 Å². The van der Waals surface area contributed by atoms with Crippen LogP contribution in [0.25, 0.3) is 0 Å². The number of aryl methyl sites for hydroxylation is 1. The van der Waals surface area contributed by atoms with Crippen molar-refractivity contribution in [1.29, 1.82) is 0 Å². The van der Waals surface area contributed by atoms with Gasteiger partial charge in [-0.05, 0) is 42.8 Å². The molecule has 0 amide bonds. The van der Waals surface area contributed by atoms with E-state index >= 15 is 0 Å². The SMILES string of the molecule is Cc1ccccc1S(=O)(=O)NCCN(c1ccc(F)cc1)S(C)(=O)=O. The van der Waals surface area contributed by atoms with Crippen molar-refractivity contribution in [2.24, 2.45) is 0 Å². The van der Waals surface area contributed by atoms with Gasteiger partial charge in [0.15, 0.2) is 0 Å². The topological polar surface area (TPSA) is 83.6 Å². The molecule has 0 spiro atoms. The zero-order chi connectivity index (χ0) is 18.7. The Bertz CT molecular complexity index is 942. The fraction of sp³-hybridized carbons (Fsp3) is 0.250. The number of nitrogens with zero attached hydrogens (tertiary/aromatic N) is 1. The first-order valence-corrected chi connectivity index (χ1v) is 10.7. The smallest absolute Gasteiger partial charge is 0.240 e. The van der Waals surface area contributed by atoms with Gasteiger partial charge in [0.2, 0.25) is 20.0 Å². The maximum atomic E-state index is 13.0. The van der Waals surface area contributed by atoms with Gasteiger partial charge in [0.25, 0.3) is 0 Å². The van der Waals surface area contributed by atoms with E-state index < -0.39 is 25.9 Å². The predicted molar refractivity (Wildman–Crippen MR) is 95.0 cm³/mol. The molecule has 25 heavy (non-hydrogen) atoms. The zero-order valence-corrected chi connectivity index (χ0v) is 15.4. The van der Waals surface area contributed by atoms with Crippen LogP contribution in [0, 0.1) is 12.7 Å². The monoisotopic (exact) mass is 386 g/mol. The Morgan fingerprint density at radius 2 is 1.60 bits per heavy atom. The minimum Gasteiger partial charge on any atom is -0.269 e. The van der Waals surface area contributed by atoms with Crippen molar-refractivity contribution in [1.82, 2.24) is 4.72 Å². The summed E-state index contributed by atoms with van der Waals surface area (Å²) in [6.45, 7) is 1.44. The minimum absolute atomic E-state index is 0.115. The van der Waals surface area contributed by atoms with Crippen molar-refractivity contribution in [2.45, 2.75) is 11.8 Å². The minimum atomic E-state index is -3.75. The van der Waals surface area contributed by atoms with Crippen LogP contribution in [0.15, 0.2) is 53.4 Å². The summed E-state index contributed by atoms with van der Waals surface area (Å²) >= 11 is 0. The Labute approximate surface area is 147 Å². The van der Waals surface area contributed by atoms with Gasteiger partial charge in [-0.15, -0.1) is 0 Å². The van der Waals surface area contributed by atoms with E-state index in [9.17, 15) is 21.2 Å². The molecule has 0 aliphatic carbocycles. The summed E-state index contributed by atoms with van der Waals surface area (Å²) in [5.41, 5.74) is 0.854. The highest BCUT2D eigenvalue weighted by molar-refractivity contribution is 7.92. The van der Waals surface area contributed by atoms with Gasteiger partial charge < -0.3 is 0 Å². The molecule has 1 N–H and O–H groups in total. The number of sulfonamides is 2. The fourth-order valence-corrected chi connectivity index (χ4v) is 4.50. The second-order valence-corrected chi connectivity index (χ2v) is 9.12. The number of halogens is 1. The molecule has 0 fully saturated rings. The molecule has 136 valence electrons. The highest BCUT2D eigenvalue weighted by Gasteiger charge is 2.20. The largest absolute Gasteiger partial charge is 0.269 e. The molecule has 0 radical (unpaired) electrons. The average molecular weight is 386 g/mol. The van der Waals surface area contributed by atoms with Crippen LogP contribution in [0.1, 0.15) is 5.56 Å². The second-order valence-electron chi connectivity index (χ2n) is 5.47. The van der Waals surface area contributed by atoms with Crippen LogP contribution in [0.3, 0.4) is 0 Å². The highest BCUT2D eigenvalue weighted by atomic mass is 32.2. The van der Waals surface area contributed by atoms with Crippen LogP contribution in [-0.4, -0.2) is 36.2 Å². The van der Waals surface area contributed by atoms with Gasteiger partial charge in [0, 0.05) is 13.1 Å². The molecule has 0 unspecified atom stereocenters. The van der Waals surface area contributed by atoms with Crippen LogP contribution >= 0.6 is 0 Å². The maximum Gasteiger partial charge on any atom is 0.240 e. The van der Waals surface area contributed by atoms with E-state index in [0.717, 1.165) is 22.7 Å². The molecule has 0 saturated carbocycles. The van der Waals surface area contributed by atoms with E-state index in [0.29, 0.717) is 5.56 Å². The van der Waals surface area contributed by atoms with Crippen molar-refractivity contribution in [3.05, 3.63) is 59.9 Å². The summed E-state index contributed by atoms with van der Waals surface area (Å²) < 4.78 is 65.0. The number of nitrogens with one attached hydrogen (secondary N) is 1. The van der Waals surface area contributed by atoms with E-state index in [1.165, 1.54) is 18.2 Å². The quantitative estimate of drug-likeness (QED) is 0.788. The van der Waals surface area contributed by atoms with E-state index in [4.69, 9.17) is 0 Å². The molecule has 0 atom stereocenters. The average Bonchev–Trinajstić information content (AvgIpc) is 2.52. The van der Waals surface area contributed by atoms with Crippen LogP contribution in [0.5, 0.6) is 0 Å². The third-order valence-electron chi connectivity index (χ3n) is 3.51. The normalized spacial score (nSPS) is 12.1. The Morgan fingerprint density at radius 1 is 1.00 bits per heavy atom. The molecule has 0 aliphatic rings. The van der Waals surface area contributed by atoms with Gasteiger partial charge in [0.05, 0.1) is 16.8 Å². The lowest BCUT2D eigenvalue weighted by molar-refractivity contribution is 0.578. The lowest BCUT2D eigenvalue weighted by atomic mass is 10.2. The van der Waals surface area contributed by atoms with E-state index in [1.54, 1.807) is 25.1 Å². The molecule has 0 heterocycles. The Kier molecular flexibility index (Phi) is 5.81. The molecule has 0 aromatic heterocycles. The number of rotatable bonds is 7. The zero-order valence-electron chi connectivity index (χ0n) is 13.8. The molecular formula is C16H19FN2O4S2. The Balaban J connectivity index is 2.14.